The Morgan fingerprint density at radius 2 is 1.71 bits per heavy atom. The Hall–Kier alpha value is -2.38. The monoisotopic (exact) mass is 331 g/mol. The topological polar surface area (TPSA) is 96.3 Å². The van der Waals surface area contributed by atoms with Crippen molar-refractivity contribution in [3.8, 4) is 0 Å². The first-order chi connectivity index (χ1) is 11.5. The van der Waals surface area contributed by atoms with E-state index in [-0.39, 0.29) is 18.0 Å². The second-order valence-corrected chi connectivity index (χ2v) is 6.93. The quantitative estimate of drug-likeness (QED) is 0.715. The molecule has 128 valence electrons. The lowest BCUT2D eigenvalue weighted by molar-refractivity contribution is -0.142. The average Bonchev–Trinajstić information content (AvgIpc) is 3.26. The third kappa shape index (κ3) is 2.46. The van der Waals surface area contributed by atoms with E-state index in [9.17, 15) is 14.4 Å². The van der Waals surface area contributed by atoms with Gasteiger partial charge in [-0.25, -0.2) is 0 Å². The molecule has 0 radical (unpaired) electrons. The van der Waals surface area contributed by atoms with Crippen LogP contribution in [0.15, 0.2) is 6.07 Å². The van der Waals surface area contributed by atoms with Crippen molar-refractivity contribution in [1.82, 2.24) is 25.3 Å². The highest BCUT2D eigenvalue weighted by Gasteiger charge is 2.42. The summed E-state index contributed by atoms with van der Waals surface area (Å²) >= 11 is 0. The molecular formula is C16H21N5O3. The van der Waals surface area contributed by atoms with Gasteiger partial charge >= 0.3 is 11.8 Å². The van der Waals surface area contributed by atoms with Gasteiger partial charge in [0.05, 0.1) is 17.8 Å². The summed E-state index contributed by atoms with van der Waals surface area (Å²) in [7, 11) is 1.79. The predicted molar refractivity (Wildman–Crippen MR) is 84.2 cm³/mol. The van der Waals surface area contributed by atoms with Crippen LogP contribution in [0.2, 0.25) is 0 Å². The molecule has 3 amide bonds. The summed E-state index contributed by atoms with van der Waals surface area (Å²) < 4.78 is 1.65. The third-order valence-electron chi connectivity index (χ3n) is 5.34. The van der Waals surface area contributed by atoms with Crippen LogP contribution in [-0.2, 0) is 16.6 Å². The number of aryl methyl sites for hydroxylation is 1. The predicted octanol–water partition coefficient (Wildman–Crippen LogP) is -0.483. The third-order valence-corrected chi connectivity index (χ3v) is 5.34. The molecule has 3 heterocycles. The molecule has 1 aromatic heterocycles. The van der Waals surface area contributed by atoms with Crippen LogP contribution in [0.25, 0.3) is 0 Å². The Morgan fingerprint density at radius 3 is 2.29 bits per heavy atom. The summed E-state index contributed by atoms with van der Waals surface area (Å²) in [6, 6.07) is 1.46. The molecule has 8 nitrogen and oxygen atoms in total. The van der Waals surface area contributed by atoms with Crippen LogP contribution in [0.1, 0.15) is 47.8 Å². The van der Waals surface area contributed by atoms with Gasteiger partial charge in [0.1, 0.15) is 5.69 Å². The number of fused-ring (bicyclic) bond motifs is 1. The van der Waals surface area contributed by atoms with Gasteiger partial charge in [0.2, 0.25) is 0 Å². The van der Waals surface area contributed by atoms with Gasteiger partial charge in [-0.05, 0) is 18.9 Å². The standard InChI is InChI=1S/C16H21N5O3/c1-20-13(6-10(19-20)9-4-2-3-5-9)16(24)21-7-11-12(8-21)18-15(23)14(22)17-11/h6,9,11-12H,2-5,7-8H2,1H3,(H,17,22)(H,18,23)/t11-,12+. The molecule has 2 aliphatic heterocycles. The Kier molecular flexibility index (Phi) is 3.54. The molecule has 0 unspecified atom stereocenters. The largest absolute Gasteiger partial charge is 0.341 e. The van der Waals surface area contributed by atoms with Crippen molar-refractivity contribution in [1.29, 1.82) is 0 Å². The number of rotatable bonds is 2. The highest BCUT2D eigenvalue weighted by Crippen LogP contribution is 2.33. The molecule has 3 aliphatic rings. The van der Waals surface area contributed by atoms with E-state index in [1.807, 2.05) is 6.07 Å². The van der Waals surface area contributed by atoms with Crippen LogP contribution in [0.4, 0.5) is 0 Å². The smallest absolute Gasteiger partial charge is 0.309 e. The van der Waals surface area contributed by atoms with Gasteiger partial charge in [0.25, 0.3) is 5.91 Å². The van der Waals surface area contributed by atoms with Crippen molar-refractivity contribution in [2.75, 3.05) is 13.1 Å². The lowest BCUT2D eigenvalue weighted by Crippen LogP contribution is -2.61. The van der Waals surface area contributed by atoms with Gasteiger partial charge in [-0.2, -0.15) is 5.10 Å². The molecule has 1 aromatic rings. The fraction of sp³-hybridized carbons (Fsp3) is 0.625. The molecule has 1 aliphatic carbocycles. The summed E-state index contributed by atoms with van der Waals surface area (Å²) in [6.07, 6.45) is 4.71. The normalized spacial score (nSPS) is 27.1. The molecule has 2 N–H and O–H groups in total. The first-order valence-electron chi connectivity index (χ1n) is 8.47. The zero-order valence-electron chi connectivity index (χ0n) is 13.6. The number of hydrogen-bond donors (Lipinski definition) is 2. The second kappa shape index (κ2) is 5.61. The van der Waals surface area contributed by atoms with E-state index in [4.69, 9.17) is 0 Å². The van der Waals surface area contributed by atoms with Gasteiger partial charge in [0, 0.05) is 26.1 Å². The Labute approximate surface area is 139 Å². The SMILES string of the molecule is Cn1nc(C2CCCC2)cc1C(=O)N1C[C@@H]2NC(=O)C(=O)N[C@@H]2C1. The highest BCUT2D eigenvalue weighted by atomic mass is 16.2. The van der Waals surface area contributed by atoms with Crippen LogP contribution in [0.5, 0.6) is 0 Å². The van der Waals surface area contributed by atoms with Gasteiger partial charge in [-0.15, -0.1) is 0 Å². The van der Waals surface area contributed by atoms with Gasteiger partial charge in [-0.1, -0.05) is 12.8 Å². The maximum atomic E-state index is 12.8. The molecule has 3 fully saturated rings. The lowest BCUT2D eigenvalue weighted by atomic mass is 10.0. The van der Waals surface area contributed by atoms with E-state index in [1.54, 1.807) is 16.6 Å². The van der Waals surface area contributed by atoms with Crippen molar-refractivity contribution in [3.63, 3.8) is 0 Å². The number of nitrogens with one attached hydrogen (secondary N) is 2. The summed E-state index contributed by atoms with van der Waals surface area (Å²) in [5.41, 5.74) is 1.56. The molecule has 4 rings (SSSR count). The first-order valence-corrected chi connectivity index (χ1v) is 8.47. The molecule has 2 saturated heterocycles. The van der Waals surface area contributed by atoms with Crippen LogP contribution < -0.4 is 10.6 Å². The molecular weight excluding hydrogens is 310 g/mol. The van der Waals surface area contributed by atoms with Crippen molar-refractivity contribution < 1.29 is 14.4 Å². The van der Waals surface area contributed by atoms with Gasteiger partial charge < -0.3 is 15.5 Å². The number of aromatic nitrogens is 2. The van der Waals surface area contributed by atoms with Gasteiger partial charge in [-0.3, -0.25) is 19.1 Å². The van der Waals surface area contributed by atoms with Crippen LogP contribution in [-0.4, -0.2) is 57.6 Å². The first kappa shape index (κ1) is 15.2. The van der Waals surface area contributed by atoms with E-state index < -0.39 is 11.8 Å². The minimum atomic E-state index is -0.630. The number of carbonyl (C=O) groups is 3. The second-order valence-electron chi connectivity index (χ2n) is 6.93. The number of amides is 3. The van der Waals surface area contributed by atoms with E-state index in [0.717, 1.165) is 18.5 Å². The van der Waals surface area contributed by atoms with Crippen molar-refractivity contribution in [2.24, 2.45) is 7.05 Å². The average molecular weight is 331 g/mol. The fourth-order valence-corrected chi connectivity index (χ4v) is 4.00. The molecule has 0 bridgehead atoms. The summed E-state index contributed by atoms with van der Waals surface area (Å²) in [5, 5.41) is 9.85. The molecule has 1 saturated carbocycles. The number of hydrogen-bond acceptors (Lipinski definition) is 4. The minimum absolute atomic E-state index is 0.104. The fourth-order valence-electron chi connectivity index (χ4n) is 4.00. The highest BCUT2D eigenvalue weighted by molar-refractivity contribution is 6.35. The van der Waals surface area contributed by atoms with Crippen molar-refractivity contribution >= 4 is 17.7 Å². The van der Waals surface area contributed by atoms with E-state index in [1.165, 1.54) is 12.8 Å². The maximum Gasteiger partial charge on any atom is 0.309 e. The van der Waals surface area contributed by atoms with Crippen LogP contribution in [0.3, 0.4) is 0 Å². The Morgan fingerprint density at radius 1 is 1.12 bits per heavy atom. The number of piperazine rings is 1. The van der Waals surface area contributed by atoms with Crippen LogP contribution >= 0.6 is 0 Å². The van der Waals surface area contributed by atoms with E-state index >= 15 is 0 Å². The van der Waals surface area contributed by atoms with E-state index in [2.05, 4.69) is 15.7 Å². The summed E-state index contributed by atoms with van der Waals surface area (Å²) in [4.78, 5) is 37.4. The zero-order valence-corrected chi connectivity index (χ0v) is 13.6. The van der Waals surface area contributed by atoms with E-state index in [0.29, 0.717) is 24.7 Å². The molecule has 0 spiro atoms. The number of likely N-dealkylation sites (tertiary alicyclic amines) is 1. The molecule has 24 heavy (non-hydrogen) atoms. The van der Waals surface area contributed by atoms with Crippen LogP contribution in [0, 0.1) is 0 Å². The Bertz CT molecular complexity index is 683. The number of carbonyl (C=O) groups excluding carboxylic acids is 3. The summed E-state index contributed by atoms with van der Waals surface area (Å²) in [6.45, 7) is 0.804. The van der Waals surface area contributed by atoms with Crippen molar-refractivity contribution in [3.05, 3.63) is 17.5 Å². The summed E-state index contributed by atoms with van der Waals surface area (Å²) in [5.74, 6) is -0.908. The zero-order chi connectivity index (χ0) is 16.8. The molecule has 0 aromatic carbocycles. The lowest BCUT2D eigenvalue weighted by Gasteiger charge is -2.25. The van der Waals surface area contributed by atoms with Gasteiger partial charge in [0.15, 0.2) is 0 Å². The minimum Gasteiger partial charge on any atom is -0.341 e. The van der Waals surface area contributed by atoms with Crippen molar-refractivity contribution in [2.45, 2.75) is 43.7 Å². The Balaban J connectivity index is 1.50. The maximum absolute atomic E-state index is 12.8. The number of nitrogens with zero attached hydrogens (tertiary/aromatic N) is 3. The molecule has 2 atom stereocenters. The molecule has 8 heteroatoms.